The fourth-order valence-corrected chi connectivity index (χ4v) is 4.13. The average Bonchev–Trinajstić information content (AvgIpc) is 2.37. The number of carboxylic acids is 1. The van der Waals surface area contributed by atoms with Crippen LogP contribution in [0.2, 0.25) is 0 Å². The molecule has 0 saturated heterocycles. The van der Waals surface area contributed by atoms with E-state index in [9.17, 15) is 18.0 Å². The summed E-state index contributed by atoms with van der Waals surface area (Å²) in [5.41, 5.74) is -1.76. The predicted octanol–water partition coefficient (Wildman–Crippen LogP) is 5.07. The molecule has 1 fully saturated rings. The van der Waals surface area contributed by atoms with Gasteiger partial charge in [0.05, 0.1) is 11.1 Å². The van der Waals surface area contributed by atoms with Crippen molar-refractivity contribution in [1.29, 1.82) is 0 Å². The molecule has 1 aromatic carbocycles. The topological polar surface area (TPSA) is 37.3 Å². The Morgan fingerprint density at radius 1 is 1.33 bits per heavy atom. The first-order chi connectivity index (χ1) is 9.77. The minimum absolute atomic E-state index is 0.354. The Balaban J connectivity index is 2.22. The van der Waals surface area contributed by atoms with Gasteiger partial charge in [-0.05, 0) is 37.0 Å². The Morgan fingerprint density at radius 2 is 2.05 bits per heavy atom. The highest BCUT2D eigenvalue weighted by Crippen LogP contribution is 2.39. The Bertz CT molecular complexity index is 528. The Labute approximate surface area is 125 Å². The number of benzene rings is 1. The van der Waals surface area contributed by atoms with Gasteiger partial charge in [0.25, 0.3) is 0 Å². The summed E-state index contributed by atoms with van der Waals surface area (Å²) in [6, 6.07) is 3.40. The molecule has 0 radical (unpaired) electrons. The zero-order valence-electron chi connectivity index (χ0n) is 11.6. The molecular weight excluding hydrogens is 301 g/mol. The fourth-order valence-electron chi connectivity index (χ4n) is 2.70. The van der Waals surface area contributed by atoms with E-state index in [0.717, 1.165) is 31.4 Å². The second kappa shape index (κ2) is 6.30. The van der Waals surface area contributed by atoms with Crippen molar-refractivity contribution in [1.82, 2.24) is 0 Å². The van der Waals surface area contributed by atoms with Crippen molar-refractivity contribution >= 4 is 17.7 Å². The molecule has 2 unspecified atom stereocenters. The van der Waals surface area contributed by atoms with Gasteiger partial charge in [0.2, 0.25) is 0 Å². The third-order valence-electron chi connectivity index (χ3n) is 3.72. The van der Waals surface area contributed by atoms with Crippen LogP contribution < -0.4 is 0 Å². The van der Waals surface area contributed by atoms with E-state index in [1.165, 1.54) is 24.2 Å². The first kappa shape index (κ1) is 16.2. The Hall–Kier alpha value is -1.17. The quantitative estimate of drug-likeness (QED) is 0.845. The van der Waals surface area contributed by atoms with Crippen LogP contribution in [0, 0.1) is 5.92 Å². The summed E-state index contributed by atoms with van der Waals surface area (Å²) >= 11 is 1.49. The van der Waals surface area contributed by atoms with Crippen LogP contribution in [0.5, 0.6) is 0 Å². The standard InChI is InChI=1S/C15H17F3O2S/c1-9-3-2-4-10(7-9)21-11-5-6-13(15(16,17)18)12(8-11)14(19)20/h5-6,8-10H,2-4,7H2,1H3,(H,19,20). The van der Waals surface area contributed by atoms with Gasteiger partial charge < -0.3 is 5.11 Å². The summed E-state index contributed by atoms with van der Waals surface area (Å²) in [5.74, 6) is -0.925. The summed E-state index contributed by atoms with van der Waals surface area (Å²) < 4.78 is 38.3. The predicted molar refractivity (Wildman–Crippen MR) is 75.7 cm³/mol. The van der Waals surface area contributed by atoms with E-state index >= 15 is 0 Å². The summed E-state index contributed by atoms with van der Waals surface area (Å²) in [4.78, 5) is 11.7. The molecule has 116 valence electrons. The van der Waals surface area contributed by atoms with Crippen molar-refractivity contribution in [2.75, 3.05) is 0 Å². The number of aromatic carboxylic acids is 1. The number of carbonyl (C=O) groups is 1. The molecular formula is C15H17F3O2S. The van der Waals surface area contributed by atoms with Crippen molar-refractivity contribution in [2.45, 2.75) is 48.9 Å². The number of rotatable bonds is 3. The van der Waals surface area contributed by atoms with Gasteiger partial charge in [-0.1, -0.05) is 19.8 Å². The number of alkyl halides is 3. The molecule has 1 saturated carbocycles. The molecule has 0 aliphatic heterocycles. The number of hydrogen-bond donors (Lipinski definition) is 1. The van der Waals surface area contributed by atoms with Crippen LogP contribution in [0.25, 0.3) is 0 Å². The second-order valence-electron chi connectivity index (χ2n) is 5.52. The lowest BCUT2D eigenvalue weighted by molar-refractivity contribution is -0.138. The fraction of sp³-hybridized carbons (Fsp3) is 0.533. The van der Waals surface area contributed by atoms with E-state index < -0.39 is 23.3 Å². The molecule has 0 spiro atoms. The lowest BCUT2D eigenvalue weighted by atomic mass is 9.91. The average molecular weight is 318 g/mol. The first-order valence-electron chi connectivity index (χ1n) is 6.88. The minimum atomic E-state index is -4.64. The summed E-state index contributed by atoms with van der Waals surface area (Å²) in [6.07, 6.45) is -0.293. The Morgan fingerprint density at radius 3 is 2.62 bits per heavy atom. The number of carboxylic acid groups (broad SMARTS) is 1. The number of hydrogen-bond acceptors (Lipinski definition) is 2. The van der Waals surface area contributed by atoms with Gasteiger partial charge in [-0.15, -0.1) is 11.8 Å². The van der Waals surface area contributed by atoms with Crippen LogP contribution in [0.3, 0.4) is 0 Å². The van der Waals surface area contributed by atoms with E-state index in [1.54, 1.807) is 0 Å². The van der Waals surface area contributed by atoms with Crippen LogP contribution in [-0.2, 0) is 6.18 Å². The van der Waals surface area contributed by atoms with E-state index in [-0.39, 0.29) is 0 Å². The molecule has 21 heavy (non-hydrogen) atoms. The molecule has 2 rings (SSSR count). The van der Waals surface area contributed by atoms with Gasteiger partial charge in [-0.3, -0.25) is 0 Å². The SMILES string of the molecule is CC1CCCC(Sc2ccc(C(F)(F)F)c(C(=O)O)c2)C1. The van der Waals surface area contributed by atoms with Gasteiger partial charge in [0, 0.05) is 10.1 Å². The largest absolute Gasteiger partial charge is 0.478 e. The summed E-state index contributed by atoms with van der Waals surface area (Å²) in [6.45, 7) is 2.17. The molecule has 1 aromatic rings. The molecule has 1 aliphatic carbocycles. The van der Waals surface area contributed by atoms with Gasteiger partial charge in [0.15, 0.2) is 0 Å². The molecule has 2 nitrogen and oxygen atoms in total. The van der Waals surface area contributed by atoms with Crippen molar-refractivity contribution in [2.24, 2.45) is 5.92 Å². The molecule has 0 bridgehead atoms. The Kier molecular flexibility index (Phi) is 4.86. The van der Waals surface area contributed by atoms with Crippen LogP contribution in [-0.4, -0.2) is 16.3 Å². The second-order valence-corrected chi connectivity index (χ2v) is 6.90. The normalized spacial score (nSPS) is 23.0. The maximum Gasteiger partial charge on any atom is 0.417 e. The third kappa shape index (κ3) is 4.15. The highest BCUT2D eigenvalue weighted by Gasteiger charge is 2.35. The van der Waals surface area contributed by atoms with Crippen molar-refractivity contribution < 1.29 is 23.1 Å². The first-order valence-corrected chi connectivity index (χ1v) is 7.76. The molecule has 0 amide bonds. The summed E-state index contributed by atoms with van der Waals surface area (Å²) in [5, 5.41) is 9.35. The number of thioether (sulfide) groups is 1. The number of halogens is 3. The van der Waals surface area contributed by atoms with E-state index in [0.29, 0.717) is 16.1 Å². The van der Waals surface area contributed by atoms with E-state index in [1.807, 2.05) is 0 Å². The molecule has 1 N–H and O–H groups in total. The van der Waals surface area contributed by atoms with Crippen LogP contribution in [0.4, 0.5) is 13.2 Å². The zero-order chi connectivity index (χ0) is 15.6. The smallest absolute Gasteiger partial charge is 0.417 e. The van der Waals surface area contributed by atoms with E-state index in [2.05, 4.69) is 6.92 Å². The molecule has 0 aromatic heterocycles. The van der Waals surface area contributed by atoms with E-state index in [4.69, 9.17) is 5.11 Å². The van der Waals surface area contributed by atoms with Gasteiger partial charge in [-0.25, -0.2) is 4.79 Å². The van der Waals surface area contributed by atoms with Crippen LogP contribution in [0.1, 0.15) is 48.5 Å². The van der Waals surface area contributed by atoms with Crippen molar-refractivity contribution in [3.05, 3.63) is 29.3 Å². The summed E-state index contributed by atoms with van der Waals surface area (Å²) in [7, 11) is 0. The monoisotopic (exact) mass is 318 g/mol. The molecule has 0 heterocycles. The van der Waals surface area contributed by atoms with Gasteiger partial charge in [-0.2, -0.15) is 13.2 Å². The lowest BCUT2D eigenvalue weighted by Gasteiger charge is -2.26. The molecule has 6 heteroatoms. The molecule has 2 atom stereocenters. The van der Waals surface area contributed by atoms with Gasteiger partial charge in [0.1, 0.15) is 0 Å². The van der Waals surface area contributed by atoms with Crippen LogP contribution >= 0.6 is 11.8 Å². The van der Waals surface area contributed by atoms with Crippen LogP contribution in [0.15, 0.2) is 23.1 Å². The highest BCUT2D eigenvalue weighted by molar-refractivity contribution is 8.00. The van der Waals surface area contributed by atoms with Crippen molar-refractivity contribution in [3.8, 4) is 0 Å². The highest BCUT2D eigenvalue weighted by atomic mass is 32.2. The maximum absolute atomic E-state index is 12.8. The van der Waals surface area contributed by atoms with Crippen molar-refractivity contribution in [3.63, 3.8) is 0 Å². The lowest BCUT2D eigenvalue weighted by Crippen LogP contribution is -2.15. The zero-order valence-corrected chi connectivity index (χ0v) is 12.4. The van der Waals surface area contributed by atoms with Gasteiger partial charge >= 0.3 is 12.1 Å². The third-order valence-corrected chi connectivity index (χ3v) is 5.01. The molecule has 1 aliphatic rings. The minimum Gasteiger partial charge on any atom is -0.478 e. The maximum atomic E-state index is 12.8.